The third-order valence-corrected chi connectivity index (χ3v) is 5.05. The van der Waals surface area contributed by atoms with Gasteiger partial charge in [-0.15, -0.1) is 0 Å². The van der Waals surface area contributed by atoms with Gasteiger partial charge >= 0.3 is 0 Å². The molecule has 144 valence electrons. The molecule has 0 saturated carbocycles. The van der Waals surface area contributed by atoms with E-state index in [9.17, 15) is 4.79 Å². The van der Waals surface area contributed by atoms with Crippen LogP contribution in [0.3, 0.4) is 0 Å². The van der Waals surface area contributed by atoms with Gasteiger partial charge in [-0.05, 0) is 39.0 Å². The number of rotatable bonds is 3. The molecule has 1 aliphatic rings. The summed E-state index contributed by atoms with van der Waals surface area (Å²) in [6.45, 7) is 8.83. The summed E-state index contributed by atoms with van der Waals surface area (Å²) in [4.78, 5) is 25.6. The van der Waals surface area contributed by atoms with Crippen LogP contribution in [0.25, 0.3) is 5.82 Å². The molecule has 0 bridgehead atoms. The summed E-state index contributed by atoms with van der Waals surface area (Å²) in [6.07, 6.45) is 1.57. The van der Waals surface area contributed by atoms with Crippen molar-refractivity contribution in [2.75, 3.05) is 31.1 Å². The van der Waals surface area contributed by atoms with Gasteiger partial charge in [-0.2, -0.15) is 5.10 Å². The van der Waals surface area contributed by atoms with E-state index in [0.29, 0.717) is 13.1 Å². The van der Waals surface area contributed by atoms with Crippen LogP contribution in [0.2, 0.25) is 0 Å². The summed E-state index contributed by atoms with van der Waals surface area (Å²) >= 11 is 0. The predicted octanol–water partition coefficient (Wildman–Crippen LogP) is 2.55. The van der Waals surface area contributed by atoms with Crippen molar-refractivity contribution in [1.82, 2.24) is 24.6 Å². The molecule has 1 amide bonds. The van der Waals surface area contributed by atoms with Gasteiger partial charge in [0.05, 0.1) is 5.69 Å². The van der Waals surface area contributed by atoms with Crippen LogP contribution < -0.4 is 4.90 Å². The highest BCUT2D eigenvalue weighted by molar-refractivity contribution is 5.94. The van der Waals surface area contributed by atoms with Crippen molar-refractivity contribution in [3.8, 4) is 5.82 Å². The summed E-state index contributed by atoms with van der Waals surface area (Å²) in [7, 11) is 0. The van der Waals surface area contributed by atoms with Gasteiger partial charge in [0.2, 0.25) is 0 Å². The van der Waals surface area contributed by atoms with Crippen LogP contribution in [0.1, 0.15) is 27.3 Å². The maximum absolute atomic E-state index is 12.7. The summed E-state index contributed by atoms with van der Waals surface area (Å²) in [5, 5.41) is 4.50. The maximum atomic E-state index is 12.7. The number of carbonyl (C=O) groups excluding carboxylic acids is 1. The highest BCUT2D eigenvalue weighted by Gasteiger charge is 2.23. The van der Waals surface area contributed by atoms with Crippen LogP contribution in [0, 0.1) is 20.8 Å². The van der Waals surface area contributed by atoms with E-state index in [1.165, 1.54) is 0 Å². The molecule has 4 rings (SSSR count). The molecule has 0 N–H and O–H groups in total. The van der Waals surface area contributed by atoms with Crippen molar-refractivity contribution in [3.05, 3.63) is 65.2 Å². The van der Waals surface area contributed by atoms with Crippen LogP contribution >= 0.6 is 0 Å². The molecule has 28 heavy (non-hydrogen) atoms. The lowest BCUT2D eigenvalue weighted by Gasteiger charge is -2.35. The monoisotopic (exact) mass is 376 g/mol. The number of aryl methyl sites for hydroxylation is 3. The Balaban J connectivity index is 1.45. The van der Waals surface area contributed by atoms with Crippen molar-refractivity contribution in [2.24, 2.45) is 0 Å². The molecule has 3 aromatic rings. The highest BCUT2D eigenvalue weighted by atomic mass is 16.2. The molecule has 3 heterocycles. The zero-order valence-electron chi connectivity index (χ0n) is 16.5. The summed E-state index contributed by atoms with van der Waals surface area (Å²) < 4.78 is 1.83. The number of piperazine rings is 1. The lowest BCUT2D eigenvalue weighted by atomic mass is 10.1. The molecule has 0 spiro atoms. The fourth-order valence-electron chi connectivity index (χ4n) is 3.50. The number of nitrogens with zero attached hydrogens (tertiary/aromatic N) is 6. The standard InChI is InChI=1S/C21H24N6O/c1-15-4-6-18(7-5-15)21(28)26-10-8-25(9-11-26)19-13-20(23-14-22-19)27-17(3)12-16(2)24-27/h4-7,12-14H,8-11H2,1-3H3. The molecule has 1 saturated heterocycles. The predicted molar refractivity (Wildman–Crippen MR) is 108 cm³/mol. The Morgan fingerprint density at radius 1 is 0.893 bits per heavy atom. The number of hydrogen-bond acceptors (Lipinski definition) is 5. The van der Waals surface area contributed by atoms with E-state index in [0.717, 1.165) is 47.2 Å². The SMILES string of the molecule is Cc1ccc(C(=O)N2CCN(c3cc(-n4nc(C)cc4C)ncn3)CC2)cc1. The highest BCUT2D eigenvalue weighted by Crippen LogP contribution is 2.18. The van der Waals surface area contributed by atoms with Crippen LogP contribution in [0.15, 0.2) is 42.7 Å². The van der Waals surface area contributed by atoms with Gasteiger partial charge in [-0.3, -0.25) is 4.79 Å². The molecule has 0 unspecified atom stereocenters. The molecule has 7 heteroatoms. The van der Waals surface area contributed by atoms with Gasteiger partial charge in [0, 0.05) is 43.5 Å². The Kier molecular flexibility index (Phi) is 4.81. The topological polar surface area (TPSA) is 67.2 Å². The normalized spacial score (nSPS) is 14.4. The number of aromatic nitrogens is 4. The Morgan fingerprint density at radius 3 is 2.21 bits per heavy atom. The summed E-state index contributed by atoms with van der Waals surface area (Å²) in [5.74, 6) is 1.71. The quantitative estimate of drug-likeness (QED) is 0.703. The van der Waals surface area contributed by atoms with Gasteiger partial charge < -0.3 is 9.80 Å². The number of carbonyl (C=O) groups is 1. The molecule has 7 nitrogen and oxygen atoms in total. The Bertz CT molecular complexity index is 986. The summed E-state index contributed by atoms with van der Waals surface area (Å²) in [6, 6.07) is 11.7. The zero-order chi connectivity index (χ0) is 19.7. The van der Waals surface area contributed by atoms with Crippen molar-refractivity contribution in [1.29, 1.82) is 0 Å². The van der Waals surface area contributed by atoms with E-state index >= 15 is 0 Å². The average molecular weight is 376 g/mol. The fraction of sp³-hybridized carbons (Fsp3) is 0.333. The number of amides is 1. The van der Waals surface area contributed by atoms with Gasteiger partial charge in [-0.25, -0.2) is 14.6 Å². The van der Waals surface area contributed by atoms with Crippen molar-refractivity contribution >= 4 is 11.7 Å². The largest absolute Gasteiger partial charge is 0.353 e. The van der Waals surface area contributed by atoms with Crippen molar-refractivity contribution in [2.45, 2.75) is 20.8 Å². The van der Waals surface area contributed by atoms with E-state index in [2.05, 4.69) is 20.0 Å². The second-order valence-electron chi connectivity index (χ2n) is 7.22. The van der Waals surface area contributed by atoms with E-state index in [1.54, 1.807) is 6.33 Å². The van der Waals surface area contributed by atoms with E-state index in [4.69, 9.17) is 0 Å². The molecular formula is C21H24N6O. The van der Waals surface area contributed by atoms with E-state index in [-0.39, 0.29) is 5.91 Å². The second kappa shape index (κ2) is 7.42. The van der Waals surface area contributed by atoms with Gasteiger partial charge in [0.1, 0.15) is 12.1 Å². The molecule has 1 aliphatic heterocycles. The molecule has 0 radical (unpaired) electrons. The second-order valence-corrected chi connectivity index (χ2v) is 7.22. The van der Waals surface area contributed by atoms with Crippen LogP contribution in [0.5, 0.6) is 0 Å². The molecule has 2 aromatic heterocycles. The molecule has 1 fully saturated rings. The first-order valence-corrected chi connectivity index (χ1v) is 9.48. The van der Waals surface area contributed by atoms with Crippen LogP contribution in [-0.4, -0.2) is 56.7 Å². The Morgan fingerprint density at radius 2 is 1.57 bits per heavy atom. The van der Waals surface area contributed by atoms with Gasteiger partial charge in [0.25, 0.3) is 5.91 Å². The minimum Gasteiger partial charge on any atom is -0.353 e. The minimum absolute atomic E-state index is 0.0886. The maximum Gasteiger partial charge on any atom is 0.253 e. The number of hydrogen-bond donors (Lipinski definition) is 0. The molecule has 0 atom stereocenters. The first-order chi connectivity index (χ1) is 13.5. The Hall–Kier alpha value is -3.22. The average Bonchev–Trinajstić information content (AvgIpc) is 3.06. The lowest BCUT2D eigenvalue weighted by Crippen LogP contribution is -2.49. The zero-order valence-corrected chi connectivity index (χ0v) is 16.5. The van der Waals surface area contributed by atoms with Gasteiger partial charge in [0.15, 0.2) is 5.82 Å². The minimum atomic E-state index is 0.0886. The first-order valence-electron chi connectivity index (χ1n) is 9.48. The van der Waals surface area contributed by atoms with Gasteiger partial charge in [-0.1, -0.05) is 17.7 Å². The number of benzene rings is 1. The van der Waals surface area contributed by atoms with E-state index in [1.807, 2.05) is 66.8 Å². The molecule has 0 aliphatic carbocycles. The lowest BCUT2D eigenvalue weighted by molar-refractivity contribution is 0.0746. The molecule has 1 aromatic carbocycles. The summed E-state index contributed by atoms with van der Waals surface area (Å²) in [5.41, 5.74) is 3.90. The van der Waals surface area contributed by atoms with Crippen molar-refractivity contribution in [3.63, 3.8) is 0 Å². The third kappa shape index (κ3) is 3.60. The smallest absolute Gasteiger partial charge is 0.253 e. The van der Waals surface area contributed by atoms with Crippen molar-refractivity contribution < 1.29 is 4.79 Å². The first kappa shape index (κ1) is 18.2. The van der Waals surface area contributed by atoms with Crippen LogP contribution in [-0.2, 0) is 0 Å². The third-order valence-electron chi connectivity index (χ3n) is 5.05. The molecular weight excluding hydrogens is 352 g/mol. The van der Waals surface area contributed by atoms with Crippen LogP contribution in [0.4, 0.5) is 5.82 Å². The fourth-order valence-corrected chi connectivity index (χ4v) is 3.50. The Labute approximate surface area is 164 Å². The van der Waals surface area contributed by atoms with E-state index < -0.39 is 0 Å². The number of anilines is 1.